The fourth-order valence-electron chi connectivity index (χ4n) is 3.67. The van der Waals surface area contributed by atoms with Crippen LogP contribution in [0.5, 0.6) is 0 Å². The van der Waals surface area contributed by atoms with E-state index < -0.39 is 11.9 Å². The summed E-state index contributed by atoms with van der Waals surface area (Å²) in [6, 6.07) is 6.06. The van der Waals surface area contributed by atoms with Gasteiger partial charge < -0.3 is 10.0 Å². The normalized spacial score (nSPS) is 19.9. The number of carbonyl (C=O) groups excluding carboxylic acids is 1. The van der Waals surface area contributed by atoms with Gasteiger partial charge in [0, 0.05) is 23.8 Å². The van der Waals surface area contributed by atoms with Gasteiger partial charge in [0.05, 0.1) is 23.7 Å². The van der Waals surface area contributed by atoms with Gasteiger partial charge in [-0.1, -0.05) is 0 Å². The number of hydrogen-bond acceptors (Lipinski definition) is 3. The van der Waals surface area contributed by atoms with Crippen molar-refractivity contribution in [2.75, 3.05) is 6.54 Å². The number of carboxylic acids is 1. The predicted octanol–water partition coefficient (Wildman–Crippen LogP) is 2.88. The minimum Gasteiger partial charge on any atom is -0.481 e. The monoisotopic (exact) mass is 373 g/mol. The number of amides is 1. The molecule has 2 heterocycles. The SMILES string of the molecule is Cc1nn(-c2ccc(F)cc2)c(C)c1CC(=O)N1CC(C(=O)O)CCC1C. The molecule has 1 N–H and O–H groups in total. The first-order valence-corrected chi connectivity index (χ1v) is 9.11. The van der Waals surface area contributed by atoms with Crippen LogP contribution in [-0.2, 0) is 16.0 Å². The predicted molar refractivity (Wildman–Crippen MR) is 98.2 cm³/mol. The molecule has 1 amide bonds. The molecule has 0 aliphatic carbocycles. The fraction of sp³-hybridized carbons (Fsp3) is 0.450. The maximum Gasteiger partial charge on any atom is 0.308 e. The Hall–Kier alpha value is -2.70. The Bertz CT molecular complexity index is 860. The van der Waals surface area contributed by atoms with Crippen molar-refractivity contribution in [3.8, 4) is 5.69 Å². The number of rotatable bonds is 4. The van der Waals surface area contributed by atoms with E-state index in [1.54, 1.807) is 21.7 Å². The third-order valence-electron chi connectivity index (χ3n) is 5.39. The van der Waals surface area contributed by atoms with Gasteiger partial charge in [0.25, 0.3) is 0 Å². The Kier molecular flexibility index (Phi) is 5.30. The van der Waals surface area contributed by atoms with Crippen LogP contribution in [0.3, 0.4) is 0 Å². The maximum absolute atomic E-state index is 13.2. The van der Waals surface area contributed by atoms with Gasteiger partial charge >= 0.3 is 5.97 Å². The average Bonchev–Trinajstić information content (AvgIpc) is 2.90. The molecule has 3 rings (SSSR count). The van der Waals surface area contributed by atoms with Crippen molar-refractivity contribution < 1.29 is 19.1 Å². The molecule has 27 heavy (non-hydrogen) atoms. The quantitative estimate of drug-likeness (QED) is 0.894. The van der Waals surface area contributed by atoms with E-state index in [9.17, 15) is 19.1 Å². The van der Waals surface area contributed by atoms with Gasteiger partial charge in [-0.2, -0.15) is 5.10 Å². The zero-order chi connectivity index (χ0) is 19.7. The van der Waals surface area contributed by atoms with E-state index in [1.165, 1.54) is 12.1 Å². The standard InChI is InChI=1S/C20H24FN3O3/c1-12-4-5-15(20(26)27)11-23(12)19(25)10-18-13(2)22-24(14(18)3)17-8-6-16(21)7-9-17/h6-9,12,15H,4-5,10-11H2,1-3H3,(H,26,27). The summed E-state index contributed by atoms with van der Waals surface area (Å²) in [4.78, 5) is 25.9. The summed E-state index contributed by atoms with van der Waals surface area (Å²) in [5.41, 5.74) is 3.12. The molecule has 0 radical (unpaired) electrons. The molecule has 1 fully saturated rings. The molecule has 6 nitrogen and oxygen atoms in total. The molecule has 1 aliphatic rings. The Balaban J connectivity index is 1.82. The molecule has 2 aromatic rings. The van der Waals surface area contributed by atoms with Crippen LogP contribution < -0.4 is 0 Å². The number of aryl methyl sites for hydroxylation is 1. The van der Waals surface area contributed by atoms with Crippen LogP contribution in [0.1, 0.15) is 36.7 Å². The largest absolute Gasteiger partial charge is 0.481 e. The van der Waals surface area contributed by atoms with Gasteiger partial charge in [-0.05, 0) is 57.9 Å². The van der Waals surface area contributed by atoms with Crippen molar-refractivity contribution in [3.05, 3.63) is 47.0 Å². The Morgan fingerprint density at radius 2 is 1.89 bits per heavy atom. The lowest BCUT2D eigenvalue weighted by Gasteiger charge is -2.36. The smallest absolute Gasteiger partial charge is 0.308 e. The van der Waals surface area contributed by atoms with Crippen molar-refractivity contribution in [3.63, 3.8) is 0 Å². The highest BCUT2D eigenvalue weighted by molar-refractivity contribution is 5.81. The number of carbonyl (C=O) groups is 2. The number of halogens is 1. The van der Waals surface area contributed by atoms with Crippen molar-refractivity contribution >= 4 is 11.9 Å². The summed E-state index contributed by atoms with van der Waals surface area (Å²) in [5, 5.41) is 13.8. The number of likely N-dealkylation sites (tertiary alicyclic amines) is 1. The minimum absolute atomic E-state index is 0.0286. The van der Waals surface area contributed by atoms with Crippen LogP contribution in [0.2, 0.25) is 0 Å². The summed E-state index contributed by atoms with van der Waals surface area (Å²) < 4.78 is 14.9. The first-order chi connectivity index (χ1) is 12.8. The summed E-state index contributed by atoms with van der Waals surface area (Å²) in [5.74, 6) is -1.76. The van der Waals surface area contributed by atoms with Gasteiger partial charge in [0.2, 0.25) is 5.91 Å². The van der Waals surface area contributed by atoms with Gasteiger partial charge in [0.15, 0.2) is 0 Å². The van der Waals surface area contributed by atoms with Crippen LogP contribution in [0.4, 0.5) is 4.39 Å². The molecule has 1 aromatic heterocycles. The van der Waals surface area contributed by atoms with Crippen molar-refractivity contribution in [2.24, 2.45) is 5.92 Å². The van der Waals surface area contributed by atoms with E-state index in [2.05, 4.69) is 5.10 Å². The molecule has 2 atom stereocenters. The second-order valence-electron chi connectivity index (χ2n) is 7.22. The third-order valence-corrected chi connectivity index (χ3v) is 5.39. The molecule has 0 bridgehead atoms. The summed E-state index contributed by atoms with van der Waals surface area (Å²) >= 11 is 0. The molecule has 144 valence electrons. The Morgan fingerprint density at radius 1 is 1.22 bits per heavy atom. The van der Waals surface area contributed by atoms with Crippen LogP contribution >= 0.6 is 0 Å². The number of aliphatic carboxylic acids is 1. The van der Waals surface area contributed by atoms with Gasteiger partial charge in [-0.3, -0.25) is 9.59 Å². The molecule has 0 saturated carbocycles. The number of benzene rings is 1. The molecule has 7 heteroatoms. The number of hydrogen-bond donors (Lipinski definition) is 1. The zero-order valence-electron chi connectivity index (χ0n) is 15.8. The lowest BCUT2D eigenvalue weighted by Crippen LogP contribution is -2.48. The second-order valence-corrected chi connectivity index (χ2v) is 7.22. The van der Waals surface area contributed by atoms with E-state index in [-0.39, 0.29) is 30.7 Å². The highest BCUT2D eigenvalue weighted by atomic mass is 19.1. The molecule has 1 aromatic carbocycles. The fourth-order valence-corrected chi connectivity index (χ4v) is 3.67. The first-order valence-electron chi connectivity index (χ1n) is 9.11. The lowest BCUT2D eigenvalue weighted by molar-refractivity contribution is -0.147. The molecule has 2 unspecified atom stereocenters. The molecular weight excluding hydrogens is 349 g/mol. The molecular formula is C20H24FN3O3. The van der Waals surface area contributed by atoms with Crippen molar-refractivity contribution in [2.45, 2.75) is 46.1 Å². The number of piperidine rings is 1. The summed E-state index contributed by atoms with van der Waals surface area (Å²) in [6.45, 7) is 5.93. The maximum atomic E-state index is 13.2. The number of carboxylic acid groups (broad SMARTS) is 1. The summed E-state index contributed by atoms with van der Waals surface area (Å²) in [6.07, 6.45) is 1.46. The van der Waals surface area contributed by atoms with Crippen LogP contribution in [0, 0.1) is 25.6 Å². The van der Waals surface area contributed by atoms with Crippen molar-refractivity contribution in [1.82, 2.24) is 14.7 Å². The zero-order valence-corrected chi connectivity index (χ0v) is 15.8. The highest BCUT2D eigenvalue weighted by Crippen LogP contribution is 2.25. The second kappa shape index (κ2) is 7.50. The number of aromatic nitrogens is 2. The van der Waals surface area contributed by atoms with Crippen LogP contribution in [0.15, 0.2) is 24.3 Å². The van der Waals surface area contributed by atoms with Crippen molar-refractivity contribution in [1.29, 1.82) is 0 Å². The summed E-state index contributed by atoms with van der Waals surface area (Å²) in [7, 11) is 0. The van der Waals surface area contributed by atoms with Gasteiger partial charge in [-0.25, -0.2) is 9.07 Å². The first kappa shape index (κ1) is 19.1. The number of nitrogens with zero attached hydrogens (tertiary/aromatic N) is 3. The lowest BCUT2D eigenvalue weighted by atomic mass is 9.93. The molecule has 1 saturated heterocycles. The van der Waals surface area contributed by atoms with Gasteiger partial charge in [0.1, 0.15) is 5.82 Å². The Labute approximate surface area is 157 Å². The molecule has 0 spiro atoms. The van der Waals surface area contributed by atoms with E-state index >= 15 is 0 Å². The minimum atomic E-state index is -0.851. The van der Waals surface area contributed by atoms with E-state index in [1.807, 2.05) is 20.8 Å². The topological polar surface area (TPSA) is 75.4 Å². The van der Waals surface area contributed by atoms with E-state index in [4.69, 9.17) is 0 Å². The van der Waals surface area contributed by atoms with Crippen LogP contribution in [-0.4, -0.2) is 44.3 Å². The molecule has 1 aliphatic heterocycles. The van der Waals surface area contributed by atoms with Crippen LogP contribution in [0.25, 0.3) is 5.69 Å². The highest BCUT2D eigenvalue weighted by Gasteiger charge is 2.33. The average molecular weight is 373 g/mol. The van der Waals surface area contributed by atoms with E-state index in [0.717, 1.165) is 22.6 Å². The van der Waals surface area contributed by atoms with E-state index in [0.29, 0.717) is 12.8 Å². The van der Waals surface area contributed by atoms with Gasteiger partial charge in [-0.15, -0.1) is 0 Å². The third kappa shape index (κ3) is 3.86. The Morgan fingerprint density at radius 3 is 2.52 bits per heavy atom.